The minimum absolute atomic E-state index is 0.0102. The molecule has 2 aliphatic heterocycles. The minimum atomic E-state index is -4.58. The number of benzene rings is 2. The first kappa shape index (κ1) is 68.8. The van der Waals surface area contributed by atoms with Gasteiger partial charge in [-0.1, -0.05) is 36.4 Å². The SMILES string of the molecule is C[C@@H](N[P@@](=O)(OC[C@@]1(C#N)O[C@@H](c2ccc3c(N)ncnn23)[C@H](O)[C@@H]1O)Oc1ccccc1)C(=O)OC1CCC(C(F)(F)F)CC1.C[C@@H](N[P@](=O)(OC[C@@]1(C#N)O[C@@H](c2ccc3c(N)ncnn23)[C@H](O)[C@@H]1O)Oc1ccccc1)C(=O)OC1CCC(C(F)(F)F)CC1. The number of nitrogens with two attached hydrogens (primary N) is 2. The van der Waals surface area contributed by atoms with Crippen LogP contribution in [0.4, 0.5) is 38.0 Å². The molecule has 12 atom stereocenters. The van der Waals surface area contributed by atoms with Gasteiger partial charge in [0.25, 0.3) is 0 Å². The molecule has 4 aromatic heterocycles. The Morgan fingerprint density at radius 2 is 0.967 bits per heavy atom. The Morgan fingerprint density at radius 3 is 1.29 bits per heavy atom. The first-order valence-electron chi connectivity index (χ1n) is 28.7. The van der Waals surface area contributed by atoms with Gasteiger partial charge in [0.2, 0.25) is 11.2 Å². The maximum Gasteiger partial charge on any atom is 0.459 e. The number of fused-ring (bicyclic) bond motifs is 2. The van der Waals surface area contributed by atoms with Crippen LogP contribution in [-0.4, -0.2) is 147 Å². The van der Waals surface area contributed by atoms with E-state index in [9.17, 15) is 76.0 Å². The summed E-state index contributed by atoms with van der Waals surface area (Å²) in [6.45, 7) is 0.776. The number of aliphatic hydroxyl groups is 4. The van der Waals surface area contributed by atoms with Gasteiger partial charge in [-0.3, -0.25) is 18.6 Å². The fourth-order valence-electron chi connectivity index (χ4n) is 10.9. The number of carbonyl (C=O) groups is 2. The van der Waals surface area contributed by atoms with Crippen LogP contribution in [0.25, 0.3) is 11.0 Å². The first-order chi connectivity index (χ1) is 43.5. The van der Waals surface area contributed by atoms with Gasteiger partial charge in [0.1, 0.15) is 121 Å². The van der Waals surface area contributed by atoms with Crippen molar-refractivity contribution in [3.8, 4) is 23.6 Å². The molecule has 28 nitrogen and oxygen atoms in total. The molecular formula is C56H64F6N12O16P2. The Balaban J connectivity index is 0.000000217. The molecule has 0 unspecified atom stereocenters. The number of hydrogen-bond donors (Lipinski definition) is 8. The molecule has 0 bridgehead atoms. The lowest BCUT2D eigenvalue weighted by Crippen LogP contribution is -2.46. The zero-order valence-electron chi connectivity index (χ0n) is 48.8. The Labute approximate surface area is 519 Å². The molecule has 4 fully saturated rings. The van der Waals surface area contributed by atoms with Crippen LogP contribution in [0, 0.1) is 34.5 Å². The lowest BCUT2D eigenvalue weighted by atomic mass is 9.87. The van der Waals surface area contributed by atoms with Crippen molar-refractivity contribution in [3.63, 3.8) is 0 Å². The molecule has 0 spiro atoms. The highest BCUT2D eigenvalue weighted by Crippen LogP contribution is 2.51. The second-order valence-electron chi connectivity index (χ2n) is 22.3. The third-order valence-electron chi connectivity index (χ3n) is 16.0. The van der Waals surface area contributed by atoms with E-state index >= 15 is 0 Å². The summed E-state index contributed by atoms with van der Waals surface area (Å²) >= 11 is 0. The predicted molar refractivity (Wildman–Crippen MR) is 305 cm³/mol. The van der Waals surface area contributed by atoms with Gasteiger partial charge in [0.15, 0.2) is 11.6 Å². The lowest BCUT2D eigenvalue weighted by molar-refractivity contribution is -0.190. The maximum absolute atomic E-state index is 14.0. The zero-order chi connectivity index (χ0) is 66.6. The molecular weight excluding hydrogens is 1270 g/mol. The molecule has 496 valence electrons. The molecule has 4 aliphatic rings. The molecule has 0 radical (unpaired) electrons. The highest BCUT2D eigenvalue weighted by molar-refractivity contribution is 7.52. The normalized spacial score (nSPS) is 28.7. The van der Waals surface area contributed by atoms with Crippen LogP contribution in [0.5, 0.6) is 11.5 Å². The van der Waals surface area contributed by atoms with E-state index in [0.717, 1.165) is 0 Å². The topological polar surface area (TPSA) is 407 Å². The van der Waals surface area contributed by atoms with E-state index in [1.54, 1.807) is 60.7 Å². The zero-order valence-corrected chi connectivity index (χ0v) is 50.6. The number of carbonyl (C=O) groups excluding carboxylic acids is 2. The largest absolute Gasteiger partial charge is 0.461 e. The fraction of sp³-hybridized carbons (Fsp3) is 0.500. The monoisotopic (exact) mass is 1340 g/mol. The van der Waals surface area contributed by atoms with Crippen LogP contribution in [0.15, 0.2) is 97.6 Å². The molecule has 2 aromatic carbocycles. The molecule has 10 rings (SSSR count). The number of aromatic nitrogens is 6. The summed E-state index contributed by atoms with van der Waals surface area (Å²) in [5.41, 5.74) is 8.44. The van der Waals surface area contributed by atoms with E-state index in [0.29, 0.717) is 11.0 Å². The summed E-state index contributed by atoms with van der Waals surface area (Å²) < 4.78 is 154. The number of rotatable bonds is 20. The number of para-hydroxylation sites is 2. The number of nitriles is 2. The molecule has 2 saturated heterocycles. The predicted octanol–water partition coefficient (Wildman–Crippen LogP) is 6.43. The minimum Gasteiger partial charge on any atom is -0.461 e. The molecule has 0 amide bonds. The third kappa shape index (κ3) is 15.4. The lowest BCUT2D eigenvalue weighted by Gasteiger charge is -2.31. The number of nitrogens with zero attached hydrogens (tertiary/aromatic N) is 8. The Hall–Kier alpha value is -7.56. The molecule has 2 aliphatic carbocycles. The van der Waals surface area contributed by atoms with Crippen LogP contribution in [-0.2, 0) is 46.7 Å². The number of halogens is 6. The third-order valence-corrected chi connectivity index (χ3v) is 19.2. The molecule has 6 aromatic rings. The highest BCUT2D eigenvalue weighted by Gasteiger charge is 2.59. The second kappa shape index (κ2) is 28.0. The molecule has 6 heterocycles. The smallest absolute Gasteiger partial charge is 0.459 e. The van der Waals surface area contributed by atoms with E-state index in [1.165, 1.54) is 71.9 Å². The maximum atomic E-state index is 14.0. The summed E-state index contributed by atoms with van der Waals surface area (Å²) in [4.78, 5) is 33.6. The van der Waals surface area contributed by atoms with Crippen molar-refractivity contribution < 1.29 is 103 Å². The molecule has 36 heteroatoms. The quantitative estimate of drug-likeness (QED) is 0.0232. The number of hydrogen-bond acceptors (Lipinski definition) is 24. The van der Waals surface area contributed by atoms with Gasteiger partial charge in [0.05, 0.1) is 23.2 Å². The number of aliphatic hydroxyl groups excluding tert-OH is 4. The molecule has 10 N–H and O–H groups in total. The van der Waals surface area contributed by atoms with Crippen LogP contribution >= 0.6 is 15.5 Å². The van der Waals surface area contributed by atoms with E-state index < -0.39 is 137 Å². The van der Waals surface area contributed by atoms with Crippen LogP contribution in [0.1, 0.15) is 88.8 Å². The number of nitrogen functional groups attached to an aromatic ring is 2. The van der Waals surface area contributed by atoms with E-state index in [1.807, 2.05) is 0 Å². The van der Waals surface area contributed by atoms with Crippen molar-refractivity contribution in [1.82, 2.24) is 39.4 Å². The van der Waals surface area contributed by atoms with Gasteiger partial charge in [0, 0.05) is 0 Å². The molecule has 92 heavy (non-hydrogen) atoms. The summed E-state index contributed by atoms with van der Waals surface area (Å²) in [6, 6.07) is 22.5. The summed E-state index contributed by atoms with van der Waals surface area (Å²) in [7, 11) is -9.16. The number of anilines is 2. The van der Waals surface area contributed by atoms with Gasteiger partial charge >= 0.3 is 39.8 Å². The summed E-state index contributed by atoms with van der Waals surface area (Å²) in [6.07, 6.45) is -18.2. The number of esters is 2. The van der Waals surface area contributed by atoms with Gasteiger partial charge in [-0.2, -0.15) is 57.2 Å². The van der Waals surface area contributed by atoms with Crippen molar-refractivity contribution in [2.45, 2.75) is 150 Å². The fourth-order valence-corrected chi connectivity index (χ4v) is 13.9. The van der Waals surface area contributed by atoms with Crippen molar-refractivity contribution >= 4 is 50.1 Å². The van der Waals surface area contributed by atoms with Gasteiger partial charge in [-0.15, -0.1) is 0 Å². The Morgan fingerprint density at radius 1 is 0.620 bits per heavy atom. The highest BCUT2D eigenvalue weighted by atomic mass is 31.2. The van der Waals surface area contributed by atoms with E-state index in [2.05, 4.69) is 30.3 Å². The standard InChI is InChI=1S/2C28H32F3N6O8P/c2*1-16(26(40)43-18-9-7-17(8-10-18)28(29,30)31)36-46(41,45-19-5-3-2-4-6-19)42-14-27(13-32)24(39)22(38)23(44-27)20-11-12-21-25(33)34-15-35-37(20)21/h2*2-6,11-12,15-18,22-24,38-39H,7-10,14H2,1H3,(H,36,41)(H2,33,34,35)/t16-,17?,18?,22+,23+,24+,27-,46+;16-,17?,18?,22+,23+,24+,27-,46-/m11/s1. The van der Waals surface area contributed by atoms with E-state index in [-0.39, 0.29) is 85.9 Å². The van der Waals surface area contributed by atoms with Crippen molar-refractivity contribution in [2.24, 2.45) is 11.8 Å². The van der Waals surface area contributed by atoms with Gasteiger partial charge in [-0.25, -0.2) is 28.1 Å². The second-order valence-corrected chi connectivity index (χ2v) is 25.7. The number of alkyl halides is 6. The van der Waals surface area contributed by atoms with Gasteiger partial charge < -0.3 is 59.9 Å². The van der Waals surface area contributed by atoms with Gasteiger partial charge in [-0.05, 0) is 114 Å². The van der Waals surface area contributed by atoms with Crippen molar-refractivity contribution in [2.75, 3.05) is 24.7 Å². The van der Waals surface area contributed by atoms with Crippen LogP contribution in [0.2, 0.25) is 0 Å². The van der Waals surface area contributed by atoms with E-state index in [4.69, 9.17) is 48.5 Å². The number of nitrogens with one attached hydrogen (secondary N) is 2. The van der Waals surface area contributed by atoms with Crippen LogP contribution in [0.3, 0.4) is 0 Å². The first-order valence-corrected chi connectivity index (χ1v) is 31.7. The molecule has 2 saturated carbocycles. The van der Waals surface area contributed by atoms with Crippen molar-refractivity contribution in [3.05, 3.63) is 109 Å². The average molecular weight is 1340 g/mol. The average Bonchev–Trinajstić information content (AvgIpc) is 1.61. The number of ether oxygens (including phenoxy) is 4. The van der Waals surface area contributed by atoms with Crippen LogP contribution < -0.4 is 30.7 Å². The Kier molecular flexibility index (Phi) is 20.9. The summed E-state index contributed by atoms with van der Waals surface area (Å²) in [5, 5.41) is 77.0. The summed E-state index contributed by atoms with van der Waals surface area (Å²) in [5.74, 6) is -4.39. The Bertz CT molecular complexity index is 3500. The van der Waals surface area contributed by atoms with Crippen molar-refractivity contribution in [1.29, 1.82) is 10.5 Å².